The van der Waals surface area contributed by atoms with Gasteiger partial charge in [-0.3, -0.25) is 13.9 Å². The van der Waals surface area contributed by atoms with Gasteiger partial charge < -0.3 is 15.0 Å². The van der Waals surface area contributed by atoms with E-state index in [1.165, 1.54) is 19.1 Å². The number of carbonyl (C=O) groups is 2. The molecule has 2 rings (SSSR count). The lowest BCUT2D eigenvalue weighted by molar-refractivity contribution is -0.139. The summed E-state index contributed by atoms with van der Waals surface area (Å²) in [7, 11) is -0.748. The van der Waals surface area contributed by atoms with E-state index < -0.39 is 28.5 Å². The Hall–Kier alpha value is -3.07. The molecule has 2 aromatic rings. The smallest absolute Gasteiger partial charge is 0.244 e. The van der Waals surface area contributed by atoms with Crippen LogP contribution in [0.15, 0.2) is 48.5 Å². The second kappa shape index (κ2) is 10.3. The molecule has 0 spiro atoms. The van der Waals surface area contributed by atoms with Crippen molar-refractivity contribution in [3.63, 3.8) is 0 Å². The normalized spacial score (nSPS) is 12.0. The standard InChI is InChI=1S/C22H29N3O5S/c1-16-6-8-18(9-7-16)14-24(17(2)22(27)23-3)21(26)15-25(31(5,28)29)19-10-12-20(30-4)13-11-19/h6-13,17H,14-15H2,1-5H3,(H,23,27)/t17-/m0/s1. The van der Waals surface area contributed by atoms with E-state index in [-0.39, 0.29) is 12.5 Å². The fourth-order valence-electron chi connectivity index (χ4n) is 3.04. The molecule has 8 nitrogen and oxygen atoms in total. The van der Waals surface area contributed by atoms with E-state index in [2.05, 4.69) is 5.32 Å². The zero-order chi connectivity index (χ0) is 23.2. The molecular formula is C22H29N3O5S. The van der Waals surface area contributed by atoms with E-state index in [1.807, 2.05) is 31.2 Å². The number of ether oxygens (including phenoxy) is 1. The summed E-state index contributed by atoms with van der Waals surface area (Å²) in [6.07, 6.45) is 1.04. The van der Waals surface area contributed by atoms with Crippen molar-refractivity contribution in [3.8, 4) is 5.75 Å². The minimum atomic E-state index is -3.75. The number of rotatable bonds is 9. The van der Waals surface area contributed by atoms with Gasteiger partial charge >= 0.3 is 0 Å². The van der Waals surface area contributed by atoms with Crippen molar-refractivity contribution in [1.29, 1.82) is 0 Å². The highest BCUT2D eigenvalue weighted by Gasteiger charge is 2.29. The maximum absolute atomic E-state index is 13.2. The maximum atomic E-state index is 13.2. The monoisotopic (exact) mass is 447 g/mol. The van der Waals surface area contributed by atoms with E-state index in [0.29, 0.717) is 11.4 Å². The van der Waals surface area contributed by atoms with Gasteiger partial charge in [-0.05, 0) is 43.7 Å². The van der Waals surface area contributed by atoms with Crippen LogP contribution in [0.4, 0.5) is 5.69 Å². The Bertz CT molecular complexity index is 1000. The molecule has 2 amide bonds. The molecule has 0 aliphatic heterocycles. The number of amides is 2. The number of nitrogens with one attached hydrogen (secondary N) is 1. The summed E-state index contributed by atoms with van der Waals surface area (Å²) in [5.41, 5.74) is 2.24. The number of nitrogens with zero attached hydrogens (tertiary/aromatic N) is 2. The summed E-state index contributed by atoms with van der Waals surface area (Å²) in [5, 5.41) is 2.54. The third-order valence-corrected chi connectivity index (χ3v) is 6.07. The molecule has 0 fully saturated rings. The van der Waals surface area contributed by atoms with Gasteiger partial charge in [-0.2, -0.15) is 0 Å². The van der Waals surface area contributed by atoms with Gasteiger partial charge in [0, 0.05) is 13.6 Å². The molecule has 1 N–H and O–H groups in total. The van der Waals surface area contributed by atoms with Crippen LogP contribution >= 0.6 is 0 Å². The fraction of sp³-hybridized carbons (Fsp3) is 0.364. The van der Waals surface area contributed by atoms with Gasteiger partial charge in [0.15, 0.2) is 0 Å². The summed E-state index contributed by atoms with van der Waals surface area (Å²) in [6, 6.07) is 13.2. The van der Waals surface area contributed by atoms with Crippen molar-refractivity contribution in [1.82, 2.24) is 10.2 Å². The Morgan fingerprint density at radius 3 is 2.13 bits per heavy atom. The van der Waals surface area contributed by atoms with Crippen LogP contribution in [0.1, 0.15) is 18.1 Å². The van der Waals surface area contributed by atoms with Crippen LogP contribution in [0.25, 0.3) is 0 Å². The van der Waals surface area contributed by atoms with Gasteiger partial charge in [0.05, 0.1) is 19.1 Å². The number of methoxy groups -OCH3 is 1. The third-order valence-electron chi connectivity index (χ3n) is 4.93. The lowest BCUT2D eigenvalue weighted by Crippen LogP contribution is -2.50. The number of likely N-dealkylation sites (N-methyl/N-ethyl adjacent to an activating group) is 1. The Morgan fingerprint density at radius 2 is 1.65 bits per heavy atom. The van der Waals surface area contributed by atoms with Crippen LogP contribution in [0, 0.1) is 6.92 Å². The number of anilines is 1. The van der Waals surface area contributed by atoms with E-state index in [0.717, 1.165) is 21.7 Å². The topological polar surface area (TPSA) is 96.0 Å². The van der Waals surface area contributed by atoms with Crippen LogP contribution in [-0.2, 0) is 26.2 Å². The number of benzene rings is 2. The minimum absolute atomic E-state index is 0.175. The maximum Gasteiger partial charge on any atom is 0.244 e. The molecule has 9 heteroatoms. The number of sulfonamides is 1. The molecule has 31 heavy (non-hydrogen) atoms. The lowest BCUT2D eigenvalue weighted by atomic mass is 10.1. The summed E-state index contributed by atoms with van der Waals surface area (Å²) in [5.74, 6) is -0.258. The van der Waals surface area contributed by atoms with E-state index in [9.17, 15) is 18.0 Å². The van der Waals surface area contributed by atoms with E-state index in [4.69, 9.17) is 4.74 Å². The minimum Gasteiger partial charge on any atom is -0.497 e. The molecule has 0 aromatic heterocycles. The highest BCUT2D eigenvalue weighted by Crippen LogP contribution is 2.22. The molecule has 0 aliphatic rings. The molecule has 0 unspecified atom stereocenters. The molecule has 0 aliphatic carbocycles. The van der Waals surface area contributed by atoms with Crippen LogP contribution in [0.2, 0.25) is 0 Å². The van der Waals surface area contributed by atoms with Crippen molar-refractivity contribution in [2.45, 2.75) is 26.4 Å². The van der Waals surface area contributed by atoms with E-state index in [1.54, 1.807) is 31.2 Å². The quantitative estimate of drug-likeness (QED) is 0.634. The van der Waals surface area contributed by atoms with Crippen molar-refractivity contribution in [2.24, 2.45) is 0 Å². The average Bonchev–Trinajstić information content (AvgIpc) is 2.75. The fourth-order valence-corrected chi connectivity index (χ4v) is 3.89. The Labute approximate surface area is 183 Å². The summed E-state index contributed by atoms with van der Waals surface area (Å²) >= 11 is 0. The van der Waals surface area contributed by atoms with Crippen LogP contribution in [0.5, 0.6) is 5.75 Å². The number of hydrogen-bond donors (Lipinski definition) is 1. The lowest BCUT2D eigenvalue weighted by Gasteiger charge is -2.31. The highest BCUT2D eigenvalue weighted by atomic mass is 32.2. The van der Waals surface area contributed by atoms with Crippen molar-refractivity contribution in [3.05, 3.63) is 59.7 Å². The largest absolute Gasteiger partial charge is 0.497 e. The van der Waals surface area contributed by atoms with Gasteiger partial charge in [-0.15, -0.1) is 0 Å². The summed E-state index contributed by atoms with van der Waals surface area (Å²) < 4.78 is 31.0. The SMILES string of the molecule is CNC(=O)[C@H](C)N(Cc1ccc(C)cc1)C(=O)CN(c1ccc(OC)cc1)S(C)(=O)=O. The molecule has 0 heterocycles. The van der Waals surface area contributed by atoms with Gasteiger partial charge in [0.2, 0.25) is 21.8 Å². The van der Waals surface area contributed by atoms with Gasteiger partial charge in [0.25, 0.3) is 0 Å². The predicted octanol–water partition coefficient (Wildman–Crippen LogP) is 1.93. The Kier molecular flexibility index (Phi) is 8.04. The predicted molar refractivity (Wildman–Crippen MR) is 120 cm³/mol. The molecule has 0 bridgehead atoms. The number of hydrogen-bond acceptors (Lipinski definition) is 5. The van der Waals surface area contributed by atoms with Crippen LogP contribution < -0.4 is 14.4 Å². The zero-order valence-electron chi connectivity index (χ0n) is 18.5. The molecule has 0 saturated carbocycles. The highest BCUT2D eigenvalue weighted by molar-refractivity contribution is 7.92. The molecule has 0 saturated heterocycles. The van der Waals surface area contributed by atoms with Crippen molar-refractivity contribution in [2.75, 3.05) is 31.3 Å². The van der Waals surface area contributed by atoms with Crippen molar-refractivity contribution < 1.29 is 22.7 Å². The van der Waals surface area contributed by atoms with Gasteiger partial charge in [0.1, 0.15) is 18.3 Å². The zero-order valence-corrected chi connectivity index (χ0v) is 19.3. The second-order valence-corrected chi connectivity index (χ2v) is 9.17. The molecule has 0 radical (unpaired) electrons. The summed E-state index contributed by atoms with van der Waals surface area (Å²) in [6.45, 7) is 3.31. The van der Waals surface area contributed by atoms with E-state index >= 15 is 0 Å². The Balaban J connectivity index is 2.35. The first-order valence-electron chi connectivity index (χ1n) is 9.75. The first-order valence-corrected chi connectivity index (χ1v) is 11.6. The third kappa shape index (κ3) is 6.45. The van der Waals surface area contributed by atoms with Gasteiger partial charge in [-0.25, -0.2) is 8.42 Å². The first-order chi connectivity index (χ1) is 14.6. The summed E-state index contributed by atoms with van der Waals surface area (Å²) in [4.78, 5) is 26.9. The van der Waals surface area contributed by atoms with Gasteiger partial charge in [-0.1, -0.05) is 29.8 Å². The molecule has 1 atom stereocenters. The molecule has 168 valence electrons. The van der Waals surface area contributed by atoms with Crippen LogP contribution in [0.3, 0.4) is 0 Å². The second-order valence-electron chi connectivity index (χ2n) is 7.27. The molecule has 2 aromatic carbocycles. The Morgan fingerprint density at radius 1 is 1.06 bits per heavy atom. The van der Waals surface area contributed by atoms with Crippen LogP contribution in [-0.4, -0.2) is 58.1 Å². The molecular weight excluding hydrogens is 418 g/mol. The first kappa shape index (κ1) is 24.2. The average molecular weight is 448 g/mol. The van der Waals surface area contributed by atoms with Crippen molar-refractivity contribution >= 4 is 27.5 Å². The number of aryl methyl sites for hydroxylation is 1. The number of carbonyl (C=O) groups excluding carboxylic acids is 2.